The highest BCUT2D eigenvalue weighted by Gasteiger charge is 2.15. The molecule has 2 N–H and O–H groups in total. The Labute approximate surface area is 156 Å². The summed E-state index contributed by atoms with van der Waals surface area (Å²) in [7, 11) is 0. The van der Waals surface area contributed by atoms with Gasteiger partial charge in [-0.2, -0.15) is 0 Å². The average Bonchev–Trinajstić information content (AvgIpc) is 2.60. The van der Waals surface area contributed by atoms with Crippen molar-refractivity contribution < 1.29 is 19.1 Å². The van der Waals surface area contributed by atoms with Crippen molar-refractivity contribution in [3.63, 3.8) is 0 Å². The highest BCUT2D eigenvalue weighted by Crippen LogP contribution is 2.14. The van der Waals surface area contributed by atoms with Crippen LogP contribution in [0.15, 0.2) is 54.6 Å². The molecule has 0 aliphatic heterocycles. The fourth-order valence-corrected chi connectivity index (χ4v) is 2.36. The van der Waals surface area contributed by atoms with E-state index in [1.54, 1.807) is 55.5 Å². The van der Waals surface area contributed by atoms with Gasteiger partial charge in [0, 0.05) is 22.3 Å². The van der Waals surface area contributed by atoms with Gasteiger partial charge >= 0.3 is 5.97 Å². The molecule has 7 heteroatoms. The first-order chi connectivity index (χ1) is 12.4. The topological polar surface area (TPSA) is 84.5 Å². The van der Waals surface area contributed by atoms with Gasteiger partial charge in [-0.25, -0.2) is 0 Å². The molecule has 1 atom stereocenters. The van der Waals surface area contributed by atoms with Gasteiger partial charge in [0.25, 0.3) is 11.8 Å². The normalized spacial score (nSPS) is 11.3. The van der Waals surface area contributed by atoms with Crippen LogP contribution in [0.5, 0.6) is 0 Å². The second-order valence-electron chi connectivity index (χ2n) is 5.66. The zero-order valence-corrected chi connectivity index (χ0v) is 15.0. The van der Waals surface area contributed by atoms with Gasteiger partial charge in [-0.1, -0.05) is 35.9 Å². The molecule has 0 heterocycles. The lowest BCUT2D eigenvalue weighted by atomic mass is 10.2. The van der Waals surface area contributed by atoms with Crippen molar-refractivity contribution >= 4 is 35.1 Å². The van der Waals surface area contributed by atoms with Gasteiger partial charge in [-0.3, -0.25) is 14.4 Å². The molecule has 0 aromatic heterocycles. The Kier molecular flexibility index (Phi) is 7.17. The average molecular weight is 375 g/mol. The molecule has 0 bridgehead atoms. The van der Waals surface area contributed by atoms with Crippen molar-refractivity contribution in [2.45, 2.75) is 19.4 Å². The fraction of sp³-hybridized carbons (Fsp3) is 0.211. The quantitative estimate of drug-likeness (QED) is 0.729. The summed E-state index contributed by atoms with van der Waals surface area (Å²) in [5.41, 5.74) is 1.02. The molecule has 0 saturated carbocycles. The van der Waals surface area contributed by atoms with Crippen LogP contribution in [-0.2, 0) is 14.3 Å². The number of hydrogen-bond acceptors (Lipinski definition) is 4. The smallest absolute Gasteiger partial charge is 0.308 e. The SMILES string of the molecule is CC(CC(=O)OCC(=O)Nc1cccc(Cl)c1)NC(=O)c1ccccc1. The zero-order chi connectivity index (χ0) is 18.9. The molecular weight excluding hydrogens is 356 g/mol. The molecule has 1 unspecified atom stereocenters. The molecule has 0 fully saturated rings. The van der Waals surface area contributed by atoms with Crippen molar-refractivity contribution in [3.05, 3.63) is 65.2 Å². The number of amides is 2. The minimum atomic E-state index is -0.577. The van der Waals surface area contributed by atoms with Crippen LogP contribution in [0.4, 0.5) is 5.69 Å². The van der Waals surface area contributed by atoms with E-state index in [4.69, 9.17) is 16.3 Å². The van der Waals surface area contributed by atoms with E-state index < -0.39 is 24.5 Å². The molecule has 0 saturated heterocycles. The largest absolute Gasteiger partial charge is 0.455 e. The minimum absolute atomic E-state index is 0.0387. The highest BCUT2D eigenvalue weighted by molar-refractivity contribution is 6.30. The van der Waals surface area contributed by atoms with Crippen LogP contribution in [0, 0.1) is 0 Å². The van der Waals surface area contributed by atoms with Crippen molar-refractivity contribution in [2.24, 2.45) is 0 Å². The van der Waals surface area contributed by atoms with E-state index in [-0.39, 0.29) is 12.3 Å². The summed E-state index contributed by atoms with van der Waals surface area (Å²) in [5, 5.41) is 5.77. The number of carbonyl (C=O) groups excluding carboxylic acids is 3. The van der Waals surface area contributed by atoms with E-state index in [9.17, 15) is 14.4 Å². The molecule has 6 nitrogen and oxygen atoms in total. The number of hydrogen-bond donors (Lipinski definition) is 2. The molecule has 2 rings (SSSR count). The fourth-order valence-electron chi connectivity index (χ4n) is 2.17. The number of rotatable bonds is 7. The summed E-state index contributed by atoms with van der Waals surface area (Å²) in [6.07, 6.45) is -0.0387. The molecule has 2 aromatic rings. The summed E-state index contributed by atoms with van der Waals surface area (Å²) < 4.78 is 4.93. The van der Waals surface area contributed by atoms with Gasteiger partial charge in [-0.15, -0.1) is 0 Å². The van der Waals surface area contributed by atoms with Crippen LogP contribution in [0.2, 0.25) is 5.02 Å². The summed E-state index contributed by atoms with van der Waals surface area (Å²) in [6.45, 7) is 1.28. The summed E-state index contributed by atoms with van der Waals surface area (Å²) in [4.78, 5) is 35.6. The molecule has 0 radical (unpaired) electrons. The molecule has 0 spiro atoms. The molecule has 0 aliphatic carbocycles. The predicted molar refractivity (Wildman–Crippen MR) is 99.0 cm³/mol. The number of benzene rings is 2. The van der Waals surface area contributed by atoms with E-state index in [1.165, 1.54) is 0 Å². The first-order valence-corrected chi connectivity index (χ1v) is 8.39. The van der Waals surface area contributed by atoms with Crippen molar-refractivity contribution in [1.29, 1.82) is 0 Å². The lowest BCUT2D eigenvalue weighted by Crippen LogP contribution is -2.35. The van der Waals surface area contributed by atoms with Crippen molar-refractivity contribution in [1.82, 2.24) is 5.32 Å². The van der Waals surface area contributed by atoms with Gasteiger partial charge in [0.05, 0.1) is 6.42 Å². The minimum Gasteiger partial charge on any atom is -0.455 e. The second kappa shape index (κ2) is 9.58. The Hall–Kier alpha value is -2.86. The van der Waals surface area contributed by atoms with Crippen LogP contribution < -0.4 is 10.6 Å². The number of carbonyl (C=O) groups is 3. The molecule has 136 valence electrons. The first kappa shape index (κ1) is 19.5. The van der Waals surface area contributed by atoms with Crippen molar-refractivity contribution in [3.8, 4) is 0 Å². The van der Waals surface area contributed by atoms with Crippen LogP contribution >= 0.6 is 11.6 Å². The maximum Gasteiger partial charge on any atom is 0.308 e. The third-order valence-electron chi connectivity index (χ3n) is 3.36. The standard InChI is InChI=1S/C19H19ClN2O4/c1-13(21-19(25)14-6-3-2-4-7-14)10-18(24)26-12-17(23)22-16-9-5-8-15(20)11-16/h2-9,11,13H,10,12H2,1H3,(H,21,25)(H,22,23). The summed E-state index contributed by atoms with van der Waals surface area (Å²) in [5.74, 6) is -1.32. The molecule has 2 amide bonds. The number of esters is 1. The Morgan fingerprint density at radius 3 is 2.50 bits per heavy atom. The molecule has 26 heavy (non-hydrogen) atoms. The Bertz CT molecular complexity index is 780. The van der Waals surface area contributed by atoms with Crippen LogP contribution in [0.25, 0.3) is 0 Å². The van der Waals surface area contributed by atoms with E-state index in [2.05, 4.69) is 10.6 Å². The summed E-state index contributed by atoms with van der Waals surface area (Å²) >= 11 is 5.83. The first-order valence-electron chi connectivity index (χ1n) is 8.01. The lowest BCUT2D eigenvalue weighted by molar-refractivity contribution is -0.147. The molecular formula is C19H19ClN2O4. The van der Waals surface area contributed by atoms with Gasteiger partial charge in [-0.05, 0) is 37.3 Å². The number of ether oxygens (including phenoxy) is 1. The maximum atomic E-state index is 12.0. The van der Waals surface area contributed by atoms with Crippen LogP contribution in [-0.4, -0.2) is 30.4 Å². The maximum absolute atomic E-state index is 12.0. The van der Waals surface area contributed by atoms with Crippen molar-refractivity contribution in [2.75, 3.05) is 11.9 Å². The second-order valence-corrected chi connectivity index (χ2v) is 6.10. The van der Waals surface area contributed by atoms with Gasteiger partial charge in [0.1, 0.15) is 0 Å². The van der Waals surface area contributed by atoms with E-state index in [0.29, 0.717) is 16.3 Å². The number of anilines is 1. The van der Waals surface area contributed by atoms with Gasteiger partial charge in [0.2, 0.25) is 0 Å². The predicted octanol–water partition coefficient (Wildman–Crippen LogP) is 3.03. The zero-order valence-electron chi connectivity index (χ0n) is 14.2. The third-order valence-corrected chi connectivity index (χ3v) is 3.59. The molecule has 0 aliphatic rings. The van der Waals surface area contributed by atoms with Gasteiger partial charge < -0.3 is 15.4 Å². The Balaban J connectivity index is 1.72. The lowest BCUT2D eigenvalue weighted by Gasteiger charge is -2.13. The highest BCUT2D eigenvalue weighted by atomic mass is 35.5. The van der Waals surface area contributed by atoms with Crippen LogP contribution in [0.1, 0.15) is 23.7 Å². The Morgan fingerprint density at radius 2 is 1.81 bits per heavy atom. The molecule has 2 aromatic carbocycles. The summed E-state index contributed by atoms with van der Waals surface area (Å²) in [6, 6.07) is 14.9. The monoisotopic (exact) mass is 374 g/mol. The van der Waals surface area contributed by atoms with Crippen LogP contribution in [0.3, 0.4) is 0 Å². The third kappa shape index (κ3) is 6.57. The van der Waals surface area contributed by atoms with Gasteiger partial charge in [0.15, 0.2) is 6.61 Å². The number of nitrogens with one attached hydrogen (secondary N) is 2. The van der Waals surface area contributed by atoms with E-state index in [0.717, 1.165) is 0 Å². The van der Waals surface area contributed by atoms with E-state index >= 15 is 0 Å². The number of halogens is 1. The van der Waals surface area contributed by atoms with E-state index in [1.807, 2.05) is 6.07 Å². The Morgan fingerprint density at radius 1 is 1.08 bits per heavy atom.